The van der Waals surface area contributed by atoms with E-state index in [1.807, 2.05) is 30.5 Å². The van der Waals surface area contributed by atoms with Gasteiger partial charge in [-0.2, -0.15) is 0 Å². The number of rotatable bonds is 5. The van der Waals surface area contributed by atoms with E-state index in [9.17, 15) is 5.11 Å². The van der Waals surface area contributed by atoms with Crippen LogP contribution < -0.4 is 18.9 Å². The molecule has 0 radical (unpaired) electrons. The third-order valence-corrected chi connectivity index (χ3v) is 5.74. The molecule has 29 heavy (non-hydrogen) atoms. The number of benzene rings is 2. The molecular weight excluding hydrogens is 372 g/mol. The van der Waals surface area contributed by atoms with Crippen LogP contribution in [0.4, 0.5) is 0 Å². The van der Waals surface area contributed by atoms with Gasteiger partial charge in [-0.05, 0) is 36.6 Å². The number of hydrogen-bond acceptors (Lipinski definition) is 5. The van der Waals surface area contributed by atoms with Crippen molar-refractivity contribution in [3.05, 3.63) is 47.8 Å². The van der Waals surface area contributed by atoms with Gasteiger partial charge in [0.15, 0.2) is 23.0 Å². The lowest BCUT2D eigenvalue weighted by molar-refractivity contribution is 0.173. The zero-order chi connectivity index (χ0) is 19.4. The van der Waals surface area contributed by atoms with Crippen LogP contribution in [0.5, 0.6) is 23.0 Å². The van der Waals surface area contributed by atoms with E-state index in [0.717, 1.165) is 56.9 Å². The van der Waals surface area contributed by atoms with Crippen LogP contribution in [-0.4, -0.2) is 35.3 Å². The SMILES string of the molecule is OCCCC(c1cc2cc3c(cc2[nH]1)OCO3)c1c[nH]c2cc3c(cc12)OCO3. The summed E-state index contributed by atoms with van der Waals surface area (Å²) in [6.07, 6.45) is 3.57. The minimum Gasteiger partial charge on any atom is -0.454 e. The molecule has 0 spiro atoms. The smallest absolute Gasteiger partial charge is 0.231 e. The first-order valence-electron chi connectivity index (χ1n) is 9.74. The number of fused-ring (bicyclic) bond motifs is 4. The second kappa shape index (κ2) is 6.35. The van der Waals surface area contributed by atoms with E-state index in [2.05, 4.69) is 16.0 Å². The topological polar surface area (TPSA) is 88.7 Å². The summed E-state index contributed by atoms with van der Waals surface area (Å²) in [5, 5.41) is 11.6. The van der Waals surface area contributed by atoms with Crippen LogP contribution in [0.1, 0.15) is 30.0 Å². The van der Waals surface area contributed by atoms with Crippen molar-refractivity contribution in [1.29, 1.82) is 0 Å². The molecule has 7 heteroatoms. The van der Waals surface area contributed by atoms with Gasteiger partial charge in [0.1, 0.15) is 0 Å². The molecule has 3 N–H and O–H groups in total. The van der Waals surface area contributed by atoms with E-state index < -0.39 is 0 Å². The van der Waals surface area contributed by atoms with E-state index in [-0.39, 0.29) is 26.1 Å². The van der Waals surface area contributed by atoms with Gasteiger partial charge >= 0.3 is 0 Å². The van der Waals surface area contributed by atoms with E-state index in [1.165, 1.54) is 5.56 Å². The third kappa shape index (κ3) is 2.61. The minimum absolute atomic E-state index is 0.0975. The monoisotopic (exact) mass is 392 g/mol. The summed E-state index contributed by atoms with van der Waals surface area (Å²) in [7, 11) is 0. The number of aromatic nitrogens is 2. The van der Waals surface area contributed by atoms with E-state index in [4.69, 9.17) is 18.9 Å². The number of nitrogens with one attached hydrogen (secondary N) is 2. The van der Waals surface area contributed by atoms with E-state index >= 15 is 0 Å². The Morgan fingerprint density at radius 3 is 2.31 bits per heavy atom. The summed E-state index contributed by atoms with van der Waals surface area (Å²) in [5.41, 5.74) is 4.28. The minimum atomic E-state index is 0.0975. The molecule has 0 fully saturated rings. The van der Waals surface area contributed by atoms with Gasteiger partial charge in [0.05, 0.1) is 0 Å². The quantitative estimate of drug-likeness (QED) is 0.478. The van der Waals surface area contributed by atoms with Crippen LogP contribution >= 0.6 is 0 Å². The Bertz CT molecular complexity index is 1180. The predicted molar refractivity (Wildman–Crippen MR) is 107 cm³/mol. The molecule has 6 rings (SSSR count). The Hall–Kier alpha value is -3.32. The lowest BCUT2D eigenvalue weighted by Gasteiger charge is -2.15. The molecular formula is C22H20N2O5. The molecule has 4 heterocycles. The number of hydrogen-bond donors (Lipinski definition) is 3. The second-order valence-corrected chi connectivity index (χ2v) is 7.43. The zero-order valence-electron chi connectivity index (χ0n) is 15.7. The first kappa shape index (κ1) is 16.6. The van der Waals surface area contributed by atoms with Crippen molar-refractivity contribution in [3.63, 3.8) is 0 Å². The van der Waals surface area contributed by atoms with Crippen molar-refractivity contribution >= 4 is 21.8 Å². The lowest BCUT2D eigenvalue weighted by atomic mass is 9.90. The molecule has 2 aromatic heterocycles. The summed E-state index contributed by atoms with van der Waals surface area (Å²) < 4.78 is 22.1. The van der Waals surface area contributed by atoms with Gasteiger partial charge in [-0.3, -0.25) is 0 Å². The average molecular weight is 392 g/mol. The van der Waals surface area contributed by atoms with Gasteiger partial charge in [0.25, 0.3) is 0 Å². The van der Waals surface area contributed by atoms with Crippen LogP contribution in [-0.2, 0) is 0 Å². The molecule has 2 aliphatic rings. The molecule has 0 saturated carbocycles. The molecule has 0 aliphatic carbocycles. The highest BCUT2D eigenvalue weighted by atomic mass is 16.7. The van der Waals surface area contributed by atoms with Crippen LogP contribution in [0.2, 0.25) is 0 Å². The van der Waals surface area contributed by atoms with Crippen molar-refractivity contribution in [2.45, 2.75) is 18.8 Å². The Labute approximate surface area is 166 Å². The fourth-order valence-electron chi connectivity index (χ4n) is 4.33. The molecule has 0 bridgehead atoms. The molecule has 148 valence electrons. The normalized spacial score (nSPS) is 15.5. The molecule has 2 aliphatic heterocycles. The standard InChI is InChI=1S/C22H20N2O5/c25-3-1-2-13(15-9-23-17-8-22-20(6-14(15)17)27-11-29-22)18-4-12-5-19-21(28-10-26-19)7-16(12)24-18/h4-9,13,23-25H,1-3,10-11H2. The van der Waals surface area contributed by atoms with Crippen LogP contribution in [0, 0.1) is 0 Å². The Balaban J connectivity index is 1.47. The average Bonchev–Trinajstić information content (AvgIpc) is 3.50. The number of ether oxygens (including phenoxy) is 4. The van der Waals surface area contributed by atoms with Crippen LogP contribution in [0.15, 0.2) is 36.5 Å². The predicted octanol–water partition coefficient (Wildman–Crippen LogP) is 4.01. The highest BCUT2D eigenvalue weighted by Crippen LogP contribution is 2.42. The van der Waals surface area contributed by atoms with Crippen LogP contribution in [0.25, 0.3) is 21.8 Å². The van der Waals surface area contributed by atoms with E-state index in [0.29, 0.717) is 6.42 Å². The maximum absolute atomic E-state index is 9.46. The summed E-state index contributed by atoms with van der Waals surface area (Å²) in [6.45, 7) is 0.669. The van der Waals surface area contributed by atoms with E-state index in [1.54, 1.807) is 0 Å². The molecule has 0 amide bonds. The molecule has 1 atom stereocenters. The van der Waals surface area contributed by atoms with Gasteiger partial charge in [-0.25, -0.2) is 0 Å². The maximum Gasteiger partial charge on any atom is 0.231 e. The fraction of sp³-hybridized carbons (Fsp3) is 0.273. The van der Waals surface area contributed by atoms with Crippen molar-refractivity contribution in [3.8, 4) is 23.0 Å². The Morgan fingerprint density at radius 2 is 1.55 bits per heavy atom. The second-order valence-electron chi connectivity index (χ2n) is 7.43. The first-order chi connectivity index (χ1) is 14.3. The van der Waals surface area contributed by atoms with Gasteiger partial charge in [0.2, 0.25) is 13.6 Å². The molecule has 4 aromatic rings. The molecule has 7 nitrogen and oxygen atoms in total. The zero-order valence-corrected chi connectivity index (χ0v) is 15.7. The Morgan fingerprint density at radius 1 is 0.862 bits per heavy atom. The van der Waals surface area contributed by atoms with Crippen molar-refractivity contribution in [2.24, 2.45) is 0 Å². The highest BCUT2D eigenvalue weighted by Gasteiger charge is 2.24. The van der Waals surface area contributed by atoms with Gasteiger partial charge < -0.3 is 34.0 Å². The Kier molecular flexibility index (Phi) is 3.64. The number of H-pyrrole nitrogens is 2. The highest BCUT2D eigenvalue weighted by molar-refractivity contribution is 5.89. The maximum atomic E-state index is 9.46. The summed E-state index contributed by atoms with van der Waals surface area (Å²) in [6, 6.07) is 10.2. The van der Waals surface area contributed by atoms with Crippen LogP contribution in [0.3, 0.4) is 0 Å². The summed E-state index contributed by atoms with van der Waals surface area (Å²) in [4.78, 5) is 6.92. The van der Waals surface area contributed by atoms with Gasteiger partial charge in [0, 0.05) is 58.4 Å². The van der Waals surface area contributed by atoms with Crippen molar-refractivity contribution < 1.29 is 24.1 Å². The molecule has 0 saturated heterocycles. The van der Waals surface area contributed by atoms with Gasteiger partial charge in [-0.15, -0.1) is 0 Å². The van der Waals surface area contributed by atoms with Gasteiger partial charge in [-0.1, -0.05) is 0 Å². The lowest BCUT2D eigenvalue weighted by Crippen LogP contribution is -2.02. The first-order valence-corrected chi connectivity index (χ1v) is 9.74. The number of aromatic amines is 2. The van der Waals surface area contributed by atoms with Crippen molar-refractivity contribution in [1.82, 2.24) is 9.97 Å². The molecule has 2 aromatic carbocycles. The number of aliphatic hydroxyl groups is 1. The largest absolute Gasteiger partial charge is 0.454 e. The fourth-order valence-corrected chi connectivity index (χ4v) is 4.33. The van der Waals surface area contributed by atoms with Crippen molar-refractivity contribution in [2.75, 3.05) is 20.2 Å². The number of aliphatic hydroxyl groups excluding tert-OH is 1. The third-order valence-electron chi connectivity index (χ3n) is 5.74. The molecule has 1 unspecified atom stereocenters. The summed E-state index contributed by atoms with van der Waals surface area (Å²) >= 11 is 0. The summed E-state index contributed by atoms with van der Waals surface area (Å²) in [5.74, 6) is 3.16.